The van der Waals surface area contributed by atoms with Crippen LogP contribution in [0.1, 0.15) is 10.4 Å². The van der Waals surface area contributed by atoms with Crippen molar-refractivity contribution in [2.75, 3.05) is 24.7 Å². The van der Waals surface area contributed by atoms with Crippen LogP contribution in [0.2, 0.25) is 0 Å². The van der Waals surface area contributed by atoms with Crippen molar-refractivity contribution in [1.82, 2.24) is 10.2 Å². The molecule has 0 radical (unpaired) electrons. The van der Waals surface area contributed by atoms with Crippen molar-refractivity contribution in [3.63, 3.8) is 0 Å². The molecule has 0 saturated carbocycles. The lowest BCUT2D eigenvalue weighted by atomic mass is 10.2. The van der Waals surface area contributed by atoms with Crippen LogP contribution in [-0.4, -0.2) is 30.2 Å². The van der Waals surface area contributed by atoms with Gasteiger partial charge in [0.2, 0.25) is 11.0 Å². The molecular weight excluding hydrogens is 282 g/mol. The third-order valence-corrected chi connectivity index (χ3v) is 4.58. The predicted octanol–water partition coefficient (Wildman–Crippen LogP) is 1.44. The Labute approximate surface area is 118 Å². The van der Waals surface area contributed by atoms with Gasteiger partial charge in [-0.3, -0.25) is 4.79 Å². The summed E-state index contributed by atoms with van der Waals surface area (Å²) in [4.78, 5) is 13.9. The third-order valence-electron chi connectivity index (χ3n) is 2.28. The molecule has 0 aliphatic heterocycles. The van der Waals surface area contributed by atoms with Gasteiger partial charge in [-0.15, -0.1) is 10.2 Å². The van der Waals surface area contributed by atoms with Gasteiger partial charge >= 0.3 is 0 Å². The van der Waals surface area contributed by atoms with E-state index in [0.29, 0.717) is 20.5 Å². The van der Waals surface area contributed by atoms with E-state index < -0.39 is 5.91 Å². The van der Waals surface area contributed by atoms with Crippen LogP contribution in [0.3, 0.4) is 0 Å². The molecule has 8 heteroatoms. The Morgan fingerprint density at radius 3 is 2.68 bits per heavy atom. The Kier molecular flexibility index (Phi) is 3.91. The summed E-state index contributed by atoms with van der Waals surface area (Å²) >= 11 is 2.72. The van der Waals surface area contributed by atoms with Crippen molar-refractivity contribution >= 4 is 39.8 Å². The van der Waals surface area contributed by atoms with E-state index >= 15 is 0 Å². The number of carbonyl (C=O) groups excluding carboxylic acids is 1. The van der Waals surface area contributed by atoms with Crippen LogP contribution in [0.25, 0.3) is 0 Å². The molecule has 100 valence electrons. The average Bonchev–Trinajstić information content (AvgIpc) is 2.80. The van der Waals surface area contributed by atoms with Crippen LogP contribution >= 0.6 is 23.1 Å². The number of carbonyl (C=O) groups is 1. The summed E-state index contributed by atoms with van der Waals surface area (Å²) in [6, 6.07) is 5.07. The standard InChI is InChI=1S/C11H13N5OS2/c1-16(2)10-14-15-11(19-10)18-8-6(9(13)17)4-3-5-7(8)12/h3-5H,12H2,1-2H3,(H2,13,17). The molecule has 0 aliphatic rings. The number of amides is 1. The summed E-state index contributed by atoms with van der Waals surface area (Å²) in [5.74, 6) is -0.507. The monoisotopic (exact) mass is 295 g/mol. The Hall–Kier alpha value is -1.80. The van der Waals surface area contributed by atoms with Gasteiger partial charge < -0.3 is 16.4 Å². The molecule has 1 aromatic carbocycles. The zero-order chi connectivity index (χ0) is 14.0. The lowest BCUT2D eigenvalue weighted by molar-refractivity contribution is 0.0997. The molecule has 0 spiro atoms. The van der Waals surface area contributed by atoms with Crippen molar-refractivity contribution in [2.45, 2.75) is 9.24 Å². The second-order valence-electron chi connectivity index (χ2n) is 3.94. The van der Waals surface area contributed by atoms with Gasteiger partial charge in [0.05, 0.1) is 10.5 Å². The number of rotatable bonds is 4. The first-order valence-electron chi connectivity index (χ1n) is 5.36. The van der Waals surface area contributed by atoms with Gasteiger partial charge in [0.25, 0.3) is 0 Å². The molecule has 0 aliphatic carbocycles. The van der Waals surface area contributed by atoms with Crippen LogP contribution in [-0.2, 0) is 0 Å². The second kappa shape index (κ2) is 5.45. The molecule has 4 N–H and O–H groups in total. The maximum Gasteiger partial charge on any atom is 0.249 e. The Bertz CT molecular complexity index is 611. The van der Waals surface area contributed by atoms with Crippen molar-refractivity contribution in [2.24, 2.45) is 5.73 Å². The minimum Gasteiger partial charge on any atom is -0.398 e. The second-order valence-corrected chi connectivity index (χ2v) is 6.15. The van der Waals surface area contributed by atoms with Crippen molar-refractivity contribution in [3.05, 3.63) is 23.8 Å². The number of hydrogen-bond acceptors (Lipinski definition) is 7. The highest BCUT2D eigenvalue weighted by molar-refractivity contribution is 8.01. The minimum absolute atomic E-state index is 0.395. The molecule has 0 fully saturated rings. The van der Waals surface area contributed by atoms with Crippen molar-refractivity contribution in [1.29, 1.82) is 0 Å². The predicted molar refractivity (Wildman–Crippen MR) is 77.7 cm³/mol. The van der Waals surface area contributed by atoms with Gasteiger partial charge in [0, 0.05) is 19.8 Å². The van der Waals surface area contributed by atoms with Crippen LogP contribution in [0, 0.1) is 0 Å². The van der Waals surface area contributed by atoms with E-state index in [4.69, 9.17) is 11.5 Å². The minimum atomic E-state index is -0.507. The van der Waals surface area contributed by atoms with Gasteiger partial charge in [-0.25, -0.2) is 0 Å². The highest BCUT2D eigenvalue weighted by atomic mass is 32.2. The Balaban J connectivity index is 2.34. The highest BCUT2D eigenvalue weighted by Gasteiger charge is 2.15. The molecule has 6 nitrogen and oxygen atoms in total. The third kappa shape index (κ3) is 2.96. The van der Waals surface area contributed by atoms with Crippen LogP contribution in [0.5, 0.6) is 0 Å². The van der Waals surface area contributed by atoms with Gasteiger partial charge in [-0.1, -0.05) is 29.2 Å². The van der Waals surface area contributed by atoms with E-state index in [1.807, 2.05) is 19.0 Å². The van der Waals surface area contributed by atoms with Gasteiger partial charge in [0.1, 0.15) is 0 Å². The number of anilines is 2. The molecule has 0 atom stereocenters. The maximum atomic E-state index is 11.4. The van der Waals surface area contributed by atoms with Crippen molar-refractivity contribution < 1.29 is 4.79 Å². The maximum absolute atomic E-state index is 11.4. The molecule has 2 rings (SSSR count). The number of nitrogens with zero attached hydrogens (tertiary/aromatic N) is 3. The molecule has 1 amide bonds. The quantitative estimate of drug-likeness (QED) is 0.828. The lowest BCUT2D eigenvalue weighted by Gasteiger charge is -2.07. The molecule has 1 heterocycles. The van der Waals surface area contributed by atoms with Crippen molar-refractivity contribution in [3.8, 4) is 0 Å². The fourth-order valence-electron chi connectivity index (χ4n) is 1.37. The van der Waals surface area contributed by atoms with Gasteiger partial charge in [0.15, 0.2) is 4.34 Å². The smallest absolute Gasteiger partial charge is 0.249 e. The zero-order valence-corrected chi connectivity index (χ0v) is 12.1. The normalized spacial score (nSPS) is 10.4. The first-order valence-corrected chi connectivity index (χ1v) is 6.99. The number of hydrogen-bond donors (Lipinski definition) is 2. The van der Waals surface area contributed by atoms with Crippen LogP contribution in [0.4, 0.5) is 10.8 Å². The van der Waals surface area contributed by atoms with E-state index in [0.717, 1.165) is 5.13 Å². The zero-order valence-electron chi connectivity index (χ0n) is 10.5. The first-order chi connectivity index (χ1) is 8.99. The summed E-state index contributed by atoms with van der Waals surface area (Å²) < 4.78 is 0.712. The van der Waals surface area contributed by atoms with E-state index in [-0.39, 0.29) is 0 Å². The molecule has 0 unspecified atom stereocenters. The molecule has 19 heavy (non-hydrogen) atoms. The lowest BCUT2D eigenvalue weighted by Crippen LogP contribution is -2.12. The van der Waals surface area contributed by atoms with Crippen LogP contribution in [0.15, 0.2) is 27.4 Å². The number of primary amides is 1. The van der Waals surface area contributed by atoms with E-state index in [1.54, 1.807) is 18.2 Å². The highest BCUT2D eigenvalue weighted by Crippen LogP contribution is 2.37. The Morgan fingerprint density at radius 2 is 2.11 bits per heavy atom. The summed E-state index contributed by atoms with van der Waals surface area (Å²) in [6.07, 6.45) is 0. The van der Waals surface area contributed by atoms with Crippen LogP contribution < -0.4 is 16.4 Å². The number of nitrogens with two attached hydrogens (primary N) is 2. The average molecular weight is 295 g/mol. The molecule has 0 saturated heterocycles. The van der Waals surface area contributed by atoms with E-state index in [2.05, 4.69) is 10.2 Å². The first kappa shape index (κ1) is 13.6. The largest absolute Gasteiger partial charge is 0.398 e. The molecule has 0 bridgehead atoms. The molecule has 1 aromatic heterocycles. The summed E-state index contributed by atoms with van der Waals surface area (Å²) in [5, 5.41) is 8.88. The number of aromatic nitrogens is 2. The summed E-state index contributed by atoms with van der Waals surface area (Å²) in [6.45, 7) is 0. The Morgan fingerprint density at radius 1 is 1.37 bits per heavy atom. The molecular formula is C11H13N5OS2. The van der Waals surface area contributed by atoms with E-state index in [1.165, 1.54) is 23.1 Å². The van der Waals surface area contributed by atoms with Gasteiger partial charge in [-0.2, -0.15) is 0 Å². The fourth-order valence-corrected chi connectivity index (χ4v) is 3.24. The topological polar surface area (TPSA) is 98.1 Å². The molecule has 2 aromatic rings. The summed E-state index contributed by atoms with van der Waals surface area (Å²) in [5.41, 5.74) is 12.1. The SMILES string of the molecule is CN(C)c1nnc(Sc2c(N)cccc2C(N)=O)s1. The number of benzene rings is 1. The van der Waals surface area contributed by atoms with Gasteiger partial charge in [-0.05, 0) is 12.1 Å². The number of nitrogen functional groups attached to an aromatic ring is 1. The van der Waals surface area contributed by atoms with E-state index in [9.17, 15) is 4.79 Å². The fraction of sp³-hybridized carbons (Fsp3) is 0.182. The summed E-state index contributed by atoms with van der Waals surface area (Å²) in [7, 11) is 3.78.